The molecule has 2 N–H and O–H groups in total. The van der Waals surface area contributed by atoms with Crippen LogP contribution in [0.3, 0.4) is 0 Å². The van der Waals surface area contributed by atoms with Crippen molar-refractivity contribution >= 4 is 27.4 Å². The van der Waals surface area contributed by atoms with Crippen molar-refractivity contribution in [3.05, 3.63) is 29.8 Å². The van der Waals surface area contributed by atoms with Gasteiger partial charge in [-0.05, 0) is 0 Å². The Hall–Kier alpha value is -0.0969. The van der Waals surface area contributed by atoms with Crippen LogP contribution in [0.4, 0.5) is 5.69 Å². The third kappa shape index (κ3) is 2.43. The van der Waals surface area contributed by atoms with Crippen LogP contribution < -0.4 is 5.73 Å². The van der Waals surface area contributed by atoms with E-state index in [4.69, 9.17) is 5.73 Å². The first kappa shape index (κ1) is 11.0. The number of rotatable bonds is 2. The van der Waals surface area contributed by atoms with Crippen LogP contribution in [0.5, 0.6) is 0 Å². The first-order valence-corrected chi connectivity index (χ1v) is 13.2. The molecule has 0 aliphatic heterocycles. The summed E-state index contributed by atoms with van der Waals surface area (Å²) in [7, 11) is 0. The molecular weight excluding hydrogens is 355 g/mol. The summed E-state index contributed by atoms with van der Waals surface area (Å²) in [6.07, 6.45) is 0. The van der Waals surface area contributed by atoms with Gasteiger partial charge >= 0.3 is 89.2 Å². The third-order valence-corrected chi connectivity index (χ3v) is 12.4. The number of nitrogen functional groups attached to an aromatic ring is 1. The van der Waals surface area contributed by atoms with Gasteiger partial charge in [0, 0.05) is 0 Å². The third-order valence-electron chi connectivity index (χ3n) is 2.74. The van der Waals surface area contributed by atoms with E-state index in [1.165, 1.54) is 5.56 Å². The normalized spacial score (nSPS) is 12.1. The van der Waals surface area contributed by atoms with Crippen LogP contribution in [0.1, 0.15) is 19.4 Å². The van der Waals surface area contributed by atoms with E-state index in [9.17, 15) is 0 Å². The van der Waals surface area contributed by atoms with E-state index in [0.717, 1.165) is 5.69 Å². The molecule has 2 heteroatoms. The fraction of sp³-hybridized carbons (Fsp3) is 0.455. The van der Waals surface area contributed by atoms with Crippen LogP contribution in [0.25, 0.3) is 0 Å². The van der Waals surface area contributed by atoms with E-state index >= 15 is 0 Å². The van der Waals surface area contributed by atoms with Crippen molar-refractivity contribution in [3.8, 4) is 0 Å². The number of anilines is 1. The maximum atomic E-state index is 5.66. The Labute approximate surface area is 89.0 Å². The van der Waals surface area contributed by atoms with Gasteiger partial charge in [0.1, 0.15) is 0 Å². The van der Waals surface area contributed by atoms with E-state index in [0.29, 0.717) is 3.12 Å². The zero-order valence-electron chi connectivity index (χ0n) is 8.83. The number of benzene rings is 1. The summed E-state index contributed by atoms with van der Waals surface area (Å²) in [5.74, 6) is 0. The molecule has 1 aromatic carbocycles. The molecule has 13 heavy (non-hydrogen) atoms. The van der Waals surface area contributed by atoms with Crippen LogP contribution in [0.15, 0.2) is 24.3 Å². The Kier molecular flexibility index (Phi) is 3.34. The topological polar surface area (TPSA) is 26.0 Å². The molecule has 1 aromatic rings. The first-order valence-electron chi connectivity index (χ1n) is 4.48. The van der Waals surface area contributed by atoms with Gasteiger partial charge < -0.3 is 0 Å². The molecule has 0 unspecified atom stereocenters. The minimum atomic E-state index is -1.27. The molecule has 0 aliphatic carbocycles. The van der Waals surface area contributed by atoms with Crippen molar-refractivity contribution in [2.45, 2.75) is 26.2 Å². The number of nitrogens with two attached hydrogens (primary N) is 1. The molecule has 0 aliphatic rings. The monoisotopic (exact) mass is 373 g/mol. The predicted molar refractivity (Wildman–Crippen MR) is 61.4 cm³/mol. The van der Waals surface area contributed by atoms with Crippen molar-refractivity contribution in [1.29, 1.82) is 0 Å². The Bertz CT molecular complexity index is 275. The molecule has 0 fully saturated rings. The Balaban J connectivity index is 3.01. The zero-order chi connectivity index (χ0) is 10.1. The van der Waals surface area contributed by atoms with Gasteiger partial charge in [0.05, 0.1) is 0 Å². The van der Waals surface area contributed by atoms with Gasteiger partial charge in [0.15, 0.2) is 0 Å². The molecule has 0 heterocycles. The van der Waals surface area contributed by atoms with Gasteiger partial charge in [-0.3, -0.25) is 0 Å². The molecule has 0 saturated heterocycles. The minimum absolute atomic E-state index is 0.434. The average Bonchev–Trinajstić information content (AvgIpc) is 2.04. The molecule has 0 amide bonds. The SMILES string of the molecule is [CH3][Bi]([CH3])[C](C)(C)c1ccc(N)cc1. The first-order chi connectivity index (χ1) is 5.94. The molecule has 0 bridgehead atoms. The van der Waals surface area contributed by atoms with E-state index in [1.54, 1.807) is 0 Å². The van der Waals surface area contributed by atoms with Crippen molar-refractivity contribution in [3.63, 3.8) is 0 Å². The standard InChI is InChI=1S/C9H12N.2CH3.Bi/c1-7(2)8-3-5-9(10)6-4-8;;;/h3-6H,10H2,1-2H3;2*1H3;. The molecular formula is C11H18BiN. The van der Waals surface area contributed by atoms with Gasteiger partial charge in [0.25, 0.3) is 0 Å². The molecule has 0 atom stereocenters. The quantitative estimate of drug-likeness (QED) is 0.626. The fourth-order valence-corrected chi connectivity index (χ4v) is 3.74. The second kappa shape index (κ2) is 3.96. The van der Waals surface area contributed by atoms with Crippen LogP contribution in [0, 0.1) is 0 Å². The second-order valence-electron chi connectivity index (χ2n) is 4.08. The van der Waals surface area contributed by atoms with Crippen LogP contribution in [0.2, 0.25) is 9.26 Å². The van der Waals surface area contributed by atoms with E-state index in [2.05, 4.69) is 35.2 Å². The van der Waals surface area contributed by atoms with Crippen molar-refractivity contribution in [2.75, 3.05) is 5.73 Å². The maximum absolute atomic E-state index is 5.66. The Morgan fingerprint density at radius 3 is 1.92 bits per heavy atom. The van der Waals surface area contributed by atoms with Crippen molar-refractivity contribution in [1.82, 2.24) is 0 Å². The van der Waals surface area contributed by atoms with Gasteiger partial charge in [-0.25, -0.2) is 0 Å². The summed E-state index contributed by atoms with van der Waals surface area (Å²) < 4.78 is 5.33. The number of hydrogen-bond donors (Lipinski definition) is 1. The molecule has 72 valence electrons. The summed E-state index contributed by atoms with van der Waals surface area (Å²) in [6, 6.07) is 8.35. The van der Waals surface area contributed by atoms with Crippen LogP contribution >= 0.6 is 0 Å². The van der Waals surface area contributed by atoms with Gasteiger partial charge in [-0.15, -0.1) is 0 Å². The average molecular weight is 373 g/mol. The Morgan fingerprint density at radius 2 is 1.54 bits per heavy atom. The second-order valence-corrected chi connectivity index (χ2v) is 15.4. The molecule has 0 spiro atoms. The molecule has 0 aromatic heterocycles. The van der Waals surface area contributed by atoms with Crippen LogP contribution in [-0.2, 0) is 3.12 Å². The van der Waals surface area contributed by atoms with E-state index in [-0.39, 0.29) is 0 Å². The van der Waals surface area contributed by atoms with Gasteiger partial charge in [-0.1, -0.05) is 0 Å². The summed E-state index contributed by atoms with van der Waals surface area (Å²) in [4.78, 5) is 0. The summed E-state index contributed by atoms with van der Waals surface area (Å²) in [6.45, 7) is 4.72. The molecule has 1 rings (SSSR count). The summed E-state index contributed by atoms with van der Waals surface area (Å²) >= 11 is -1.27. The van der Waals surface area contributed by atoms with Crippen molar-refractivity contribution < 1.29 is 0 Å². The van der Waals surface area contributed by atoms with E-state index < -0.39 is 21.8 Å². The van der Waals surface area contributed by atoms with E-state index in [1.807, 2.05) is 12.1 Å². The summed E-state index contributed by atoms with van der Waals surface area (Å²) in [5, 5.41) is 0. The van der Waals surface area contributed by atoms with Crippen molar-refractivity contribution in [2.24, 2.45) is 0 Å². The number of hydrogen-bond acceptors (Lipinski definition) is 1. The predicted octanol–water partition coefficient (Wildman–Crippen LogP) is 2.84. The van der Waals surface area contributed by atoms with Gasteiger partial charge in [-0.2, -0.15) is 0 Å². The summed E-state index contributed by atoms with van der Waals surface area (Å²) in [5.41, 5.74) is 7.97. The molecule has 1 nitrogen and oxygen atoms in total. The van der Waals surface area contributed by atoms with Crippen LogP contribution in [-0.4, -0.2) is 21.8 Å². The molecule has 0 saturated carbocycles. The Morgan fingerprint density at radius 1 is 1.08 bits per heavy atom. The zero-order valence-corrected chi connectivity index (χ0v) is 12.3. The van der Waals surface area contributed by atoms with Gasteiger partial charge in [0.2, 0.25) is 0 Å². The fourth-order valence-electron chi connectivity index (χ4n) is 1.15. The molecule has 0 radical (unpaired) electrons.